The van der Waals surface area contributed by atoms with E-state index in [0.29, 0.717) is 25.5 Å². The Morgan fingerprint density at radius 3 is 3.16 bits per heavy atom. The molecule has 2 saturated heterocycles. The van der Waals surface area contributed by atoms with E-state index in [2.05, 4.69) is 10.6 Å². The Balaban J connectivity index is 1.88. The molecule has 0 aromatic heterocycles. The number of methoxy groups -OCH3 is 1. The van der Waals surface area contributed by atoms with E-state index in [1.807, 2.05) is 0 Å². The lowest BCUT2D eigenvalue weighted by atomic mass is 9.84. The molecular formula is C13H23N3O3. The van der Waals surface area contributed by atoms with Crippen molar-refractivity contribution in [3.8, 4) is 0 Å². The third-order valence-corrected chi connectivity index (χ3v) is 3.96. The Morgan fingerprint density at radius 1 is 1.53 bits per heavy atom. The summed E-state index contributed by atoms with van der Waals surface area (Å²) in [5.74, 6) is 0.521. The molecule has 6 heteroatoms. The molecule has 2 heterocycles. The van der Waals surface area contributed by atoms with Crippen LogP contribution in [-0.2, 0) is 14.3 Å². The third-order valence-electron chi connectivity index (χ3n) is 3.96. The molecule has 0 spiro atoms. The van der Waals surface area contributed by atoms with Gasteiger partial charge in [0.15, 0.2) is 0 Å². The SMILES string of the molecule is COCCNC(=O)CN1C(=O)CCC2CNCCC21. The molecular weight excluding hydrogens is 246 g/mol. The topological polar surface area (TPSA) is 70.7 Å². The molecule has 0 aromatic carbocycles. The predicted molar refractivity (Wildman–Crippen MR) is 70.6 cm³/mol. The van der Waals surface area contributed by atoms with Crippen molar-refractivity contribution in [3.05, 3.63) is 0 Å². The van der Waals surface area contributed by atoms with Crippen molar-refractivity contribution in [3.63, 3.8) is 0 Å². The van der Waals surface area contributed by atoms with E-state index in [-0.39, 0.29) is 24.4 Å². The van der Waals surface area contributed by atoms with Crippen LogP contribution in [0.2, 0.25) is 0 Å². The number of carbonyl (C=O) groups excluding carboxylic acids is 2. The highest BCUT2D eigenvalue weighted by atomic mass is 16.5. The number of amides is 2. The molecule has 108 valence electrons. The predicted octanol–water partition coefficient (Wildman–Crippen LogP) is -0.650. The second-order valence-electron chi connectivity index (χ2n) is 5.22. The van der Waals surface area contributed by atoms with Crippen LogP contribution in [0.3, 0.4) is 0 Å². The van der Waals surface area contributed by atoms with Crippen LogP contribution in [0, 0.1) is 5.92 Å². The number of nitrogens with one attached hydrogen (secondary N) is 2. The van der Waals surface area contributed by atoms with Gasteiger partial charge in [0.1, 0.15) is 0 Å². The van der Waals surface area contributed by atoms with Gasteiger partial charge in [-0.3, -0.25) is 9.59 Å². The van der Waals surface area contributed by atoms with Crippen molar-refractivity contribution in [2.45, 2.75) is 25.3 Å². The number of hydrogen-bond donors (Lipinski definition) is 2. The summed E-state index contributed by atoms with van der Waals surface area (Å²) in [5.41, 5.74) is 0. The second kappa shape index (κ2) is 6.86. The Bertz CT molecular complexity index is 335. The fraction of sp³-hybridized carbons (Fsp3) is 0.846. The number of likely N-dealkylation sites (tertiary alicyclic amines) is 1. The normalized spacial score (nSPS) is 27.0. The van der Waals surface area contributed by atoms with E-state index in [4.69, 9.17) is 4.74 Å². The molecule has 0 aromatic rings. The summed E-state index contributed by atoms with van der Waals surface area (Å²) in [5, 5.41) is 6.13. The van der Waals surface area contributed by atoms with E-state index < -0.39 is 0 Å². The molecule has 0 aliphatic carbocycles. The largest absolute Gasteiger partial charge is 0.383 e. The maximum absolute atomic E-state index is 12.0. The van der Waals surface area contributed by atoms with Crippen molar-refractivity contribution < 1.29 is 14.3 Å². The van der Waals surface area contributed by atoms with Crippen molar-refractivity contribution in [1.29, 1.82) is 0 Å². The molecule has 2 unspecified atom stereocenters. The van der Waals surface area contributed by atoms with Gasteiger partial charge in [-0.1, -0.05) is 0 Å². The first kappa shape index (κ1) is 14.3. The standard InChI is InChI=1S/C13H23N3O3/c1-19-7-6-15-12(17)9-16-11-4-5-14-8-10(11)2-3-13(16)18/h10-11,14H,2-9H2,1H3,(H,15,17). The molecule has 0 bridgehead atoms. The third kappa shape index (κ3) is 3.67. The van der Waals surface area contributed by atoms with Crippen molar-refractivity contribution in [2.24, 2.45) is 5.92 Å². The van der Waals surface area contributed by atoms with Crippen LogP contribution in [0.15, 0.2) is 0 Å². The first-order valence-electron chi connectivity index (χ1n) is 6.98. The Labute approximate surface area is 113 Å². The maximum Gasteiger partial charge on any atom is 0.239 e. The number of rotatable bonds is 5. The number of carbonyl (C=O) groups is 2. The first-order chi connectivity index (χ1) is 9.22. The number of piperidine rings is 2. The van der Waals surface area contributed by atoms with Crippen molar-refractivity contribution >= 4 is 11.8 Å². The summed E-state index contributed by atoms with van der Waals surface area (Å²) in [6.07, 6.45) is 2.45. The van der Waals surface area contributed by atoms with Gasteiger partial charge in [0.2, 0.25) is 11.8 Å². The van der Waals surface area contributed by atoms with Gasteiger partial charge < -0.3 is 20.3 Å². The summed E-state index contributed by atoms with van der Waals surface area (Å²) < 4.78 is 4.89. The smallest absolute Gasteiger partial charge is 0.239 e. The maximum atomic E-state index is 12.0. The average Bonchev–Trinajstić information content (AvgIpc) is 2.42. The first-order valence-corrected chi connectivity index (χ1v) is 6.98. The number of fused-ring (bicyclic) bond motifs is 1. The van der Waals surface area contributed by atoms with Gasteiger partial charge in [0.25, 0.3) is 0 Å². The average molecular weight is 269 g/mol. The lowest BCUT2D eigenvalue weighted by Gasteiger charge is -2.43. The summed E-state index contributed by atoms with van der Waals surface area (Å²) in [6.45, 7) is 3.06. The highest BCUT2D eigenvalue weighted by molar-refractivity contribution is 5.85. The molecule has 2 atom stereocenters. The number of nitrogens with zero attached hydrogens (tertiary/aromatic N) is 1. The molecule has 2 aliphatic heterocycles. The molecule has 2 amide bonds. The summed E-state index contributed by atoms with van der Waals surface area (Å²) in [6, 6.07) is 0.232. The van der Waals surface area contributed by atoms with Gasteiger partial charge >= 0.3 is 0 Å². The lowest BCUT2D eigenvalue weighted by molar-refractivity contribution is -0.143. The van der Waals surface area contributed by atoms with Gasteiger partial charge in [0.05, 0.1) is 13.2 Å². The van der Waals surface area contributed by atoms with Gasteiger partial charge in [-0.05, 0) is 31.8 Å². The Hall–Kier alpha value is -1.14. The van der Waals surface area contributed by atoms with E-state index >= 15 is 0 Å². The van der Waals surface area contributed by atoms with E-state index in [9.17, 15) is 9.59 Å². The molecule has 6 nitrogen and oxygen atoms in total. The molecule has 0 radical (unpaired) electrons. The zero-order chi connectivity index (χ0) is 13.7. The molecule has 2 fully saturated rings. The number of hydrogen-bond acceptors (Lipinski definition) is 4. The van der Waals surface area contributed by atoms with Crippen LogP contribution < -0.4 is 10.6 Å². The lowest BCUT2D eigenvalue weighted by Crippen LogP contribution is -2.57. The van der Waals surface area contributed by atoms with Gasteiger partial charge in [-0.15, -0.1) is 0 Å². The fourth-order valence-corrected chi connectivity index (χ4v) is 2.96. The molecule has 2 rings (SSSR count). The monoisotopic (exact) mass is 269 g/mol. The Kier molecular flexibility index (Phi) is 5.15. The van der Waals surface area contributed by atoms with Crippen LogP contribution in [0.1, 0.15) is 19.3 Å². The molecule has 2 N–H and O–H groups in total. The highest BCUT2D eigenvalue weighted by Crippen LogP contribution is 2.28. The van der Waals surface area contributed by atoms with Crippen LogP contribution in [0.4, 0.5) is 0 Å². The fourth-order valence-electron chi connectivity index (χ4n) is 2.96. The minimum absolute atomic E-state index is 0.0930. The van der Waals surface area contributed by atoms with Crippen molar-refractivity contribution in [2.75, 3.05) is 39.9 Å². The quantitative estimate of drug-likeness (QED) is 0.651. The van der Waals surface area contributed by atoms with Gasteiger partial charge in [-0.25, -0.2) is 0 Å². The zero-order valence-corrected chi connectivity index (χ0v) is 11.5. The summed E-state index contributed by atoms with van der Waals surface area (Å²) in [7, 11) is 1.60. The minimum atomic E-state index is -0.0930. The molecule has 2 aliphatic rings. The van der Waals surface area contributed by atoms with E-state index in [1.165, 1.54) is 0 Å². The van der Waals surface area contributed by atoms with Crippen molar-refractivity contribution in [1.82, 2.24) is 15.5 Å². The molecule has 19 heavy (non-hydrogen) atoms. The van der Waals surface area contributed by atoms with Crippen LogP contribution in [-0.4, -0.2) is 62.7 Å². The molecule has 0 saturated carbocycles. The van der Waals surface area contributed by atoms with Crippen LogP contribution in [0.5, 0.6) is 0 Å². The van der Waals surface area contributed by atoms with E-state index in [0.717, 1.165) is 25.9 Å². The van der Waals surface area contributed by atoms with Gasteiger partial charge in [0, 0.05) is 26.1 Å². The summed E-state index contributed by atoms with van der Waals surface area (Å²) in [4.78, 5) is 25.6. The van der Waals surface area contributed by atoms with E-state index in [1.54, 1.807) is 12.0 Å². The van der Waals surface area contributed by atoms with Crippen LogP contribution >= 0.6 is 0 Å². The number of ether oxygens (including phenoxy) is 1. The van der Waals surface area contributed by atoms with Gasteiger partial charge in [-0.2, -0.15) is 0 Å². The van der Waals surface area contributed by atoms with Crippen LogP contribution in [0.25, 0.3) is 0 Å². The Morgan fingerprint density at radius 2 is 2.37 bits per heavy atom. The zero-order valence-electron chi connectivity index (χ0n) is 11.5. The highest BCUT2D eigenvalue weighted by Gasteiger charge is 2.37. The second-order valence-corrected chi connectivity index (χ2v) is 5.22. The minimum Gasteiger partial charge on any atom is -0.383 e. The summed E-state index contributed by atoms with van der Waals surface area (Å²) >= 11 is 0.